The number of hydrogen-bond donors (Lipinski definition) is 0. The third kappa shape index (κ3) is 4.42. The van der Waals surface area contributed by atoms with Crippen LogP contribution in [0.2, 0.25) is 0 Å². The van der Waals surface area contributed by atoms with E-state index in [0.29, 0.717) is 13.1 Å². The van der Waals surface area contributed by atoms with Gasteiger partial charge in [0.1, 0.15) is 6.07 Å². The molecule has 0 bridgehead atoms. The van der Waals surface area contributed by atoms with Crippen LogP contribution in [-0.2, 0) is 14.8 Å². The predicted molar refractivity (Wildman–Crippen MR) is 119 cm³/mol. The number of para-hydroxylation sites is 1. The van der Waals surface area contributed by atoms with Crippen molar-refractivity contribution in [2.75, 3.05) is 31.9 Å². The second-order valence-corrected chi connectivity index (χ2v) is 9.93. The van der Waals surface area contributed by atoms with Crippen molar-refractivity contribution in [1.82, 2.24) is 14.2 Å². The maximum Gasteiger partial charge on any atom is 0.244 e. The molecule has 0 radical (unpaired) electrons. The SMILES string of the molecule is N#Cc1ccccc1S(=O)(=O)N1CCN(C(=O)CSc2ccnc3ccccc23)CC1. The molecular weight excluding hydrogens is 432 g/mol. The number of sulfonamides is 1. The van der Waals surface area contributed by atoms with E-state index in [2.05, 4.69) is 4.98 Å². The maximum atomic E-state index is 12.9. The van der Waals surface area contributed by atoms with Crippen LogP contribution in [0.4, 0.5) is 0 Å². The number of amides is 1. The molecule has 3 aromatic rings. The highest BCUT2D eigenvalue weighted by Crippen LogP contribution is 2.27. The van der Waals surface area contributed by atoms with Crippen LogP contribution in [0.1, 0.15) is 5.56 Å². The first-order chi connectivity index (χ1) is 15.0. The van der Waals surface area contributed by atoms with Gasteiger partial charge in [-0.25, -0.2) is 8.42 Å². The Kier molecular flexibility index (Phi) is 6.23. The summed E-state index contributed by atoms with van der Waals surface area (Å²) in [5, 5.41) is 10.2. The van der Waals surface area contributed by atoms with Crippen LogP contribution in [0.5, 0.6) is 0 Å². The quantitative estimate of drug-likeness (QED) is 0.553. The first-order valence-electron chi connectivity index (χ1n) is 9.74. The monoisotopic (exact) mass is 452 g/mol. The minimum atomic E-state index is -3.77. The van der Waals surface area contributed by atoms with Gasteiger partial charge in [0.2, 0.25) is 15.9 Å². The van der Waals surface area contributed by atoms with Gasteiger partial charge in [-0.15, -0.1) is 11.8 Å². The van der Waals surface area contributed by atoms with Crippen molar-refractivity contribution in [2.45, 2.75) is 9.79 Å². The molecule has 1 aliphatic heterocycles. The van der Waals surface area contributed by atoms with Crippen LogP contribution >= 0.6 is 11.8 Å². The lowest BCUT2D eigenvalue weighted by molar-refractivity contribution is -0.129. The van der Waals surface area contributed by atoms with Crippen molar-refractivity contribution in [3.63, 3.8) is 0 Å². The Balaban J connectivity index is 1.38. The van der Waals surface area contributed by atoms with E-state index in [1.54, 1.807) is 23.2 Å². The number of piperazine rings is 1. The van der Waals surface area contributed by atoms with Crippen LogP contribution in [-0.4, -0.2) is 60.4 Å². The van der Waals surface area contributed by atoms with Crippen molar-refractivity contribution in [3.05, 3.63) is 66.4 Å². The van der Waals surface area contributed by atoms with E-state index in [9.17, 15) is 18.5 Å². The van der Waals surface area contributed by atoms with E-state index in [4.69, 9.17) is 0 Å². The second-order valence-electron chi connectivity index (χ2n) is 7.01. The van der Waals surface area contributed by atoms with Crippen LogP contribution < -0.4 is 0 Å². The van der Waals surface area contributed by atoms with E-state index in [1.807, 2.05) is 36.4 Å². The summed E-state index contributed by atoms with van der Waals surface area (Å²) in [5.74, 6) is 0.248. The summed E-state index contributed by atoms with van der Waals surface area (Å²) in [7, 11) is -3.77. The molecule has 4 rings (SSSR count). The Labute approximate surface area is 185 Å². The minimum Gasteiger partial charge on any atom is -0.339 e. The topological polar surface area (TPSA) is 94.4 Å². The zero-order valence-electron chi connectivity index (χ0n) is 16.6. The molecule has 0 N–H and O–H groups in total. The Hall–Kier alpha value is -2.93. The Morgan fingerprint density at radius 1 is 1.03 bits per heavy atom. The largest absolute Gasteiger partial charge is 0.339 e. The number of pyridine rings is 1. The fraction of sp³-hybridized carbons (Fsp3) is 0.227. The minimum absolute atomic E-state index is 0.0115. The molecule has 0 aliphatic carbocycles. The fourth-order valence-corrected chi connectivity index (χ4v) is 6.04. The molecule has 7 nitrogen and oxygen atoms in total. The smallest absolute Gasteiger partial charge is 0.244 e. The number of carbonyl (C=O) groups is 1. The molecule has 1 fully saturated rings. The predicted octanol–water partition coefficient (Wildman–Crippen LogP) is 2.73. The van der Waals surface area contributed by atoms with Crippen molar-refractivity contribution in [1.29, 1.82) is 5.26 Å². The summed E-state index contributed by atoms with van der Waals surface area (Å²) in [6, 6.07) is 17.8. The zero-order valence-corrected chi connectivity index (χ0v) is 18.3. The van der Waals surface area contributed by atoms with Gasteiger partial charge in [-0.2, -0.15) is 9.57 Å². The molecule has 2 aromatic carbocycles. The summed E-state index contributed by atoms with van der Waals surface area (Å²) in [4.78, 5) is 19.7. The first-order valence-corrected chi connectivity index (χ1v) is 12.2. The normalized spacial score (nSPS) is 15.0. The van der Waals surface area contributed by atoms with E-state index >= 15 is 0 Å². The Bertz CT molecular complexity index is 1260. The van der Waals surface area contributed by atoms with Gasteiger partial charge in [-0.05, 0) is 24.3 Å². The number of nitrogens with zero attached hydrogens (tertiary/aromatic N) is 4. The highest BCUT2D eigenvalue weighted by molar-refractivity contribution is 8.00. The molecule has 0 saturated carbocycles. The van der Waals surface area contributed by atoms with Gasteiger partial charge in [-0.3, -0.25) is 9.78 Å². The number of thioether (sulfide) groups is 1. The lowest BCUT2D eigenvalue weighted by atomic mass is 10.2. The summed E-state index contributed by atoms with van der Waals surface area (Å²) >= 11 is 1.46. The number of nitriles is 1. The molecule has 31 heavy (non-hydrogen) atoms. The molecule has 2 heterocycles. The molecule has 0 unspecified atom stereocenters. The number of fused-ring (bicyclic) bond motifs is 1. The molecule has 1 aromatic heterocycles. The number of rotatable bonds is 5. The third-order valence-corrected chi connectivity index (χ3v) is 8.19. The molecular formula is C22H20N4O3S2. The summed E-state index contributed by atoms with van der Waals surface area (Å²) in [5.41, 5.74) is 1.01. The average Bonchev–Trinajstić information content (AvgIpc) is 2.82. The maximum absolute atomic E-state index is 12.9. The van der Waals surface area contributed by atoms with Crippen LogP contribution in [0, 0.1) is 11.3 Å². The van der Waals surface area contributed by atoms with Crippen LogP contribution in [0.25, 0.3) is 10.9 Å². The van der Waals surface area contributed by atoms with Gasteiger partial charge in [0.05, 0.1) is 21.7 Å². The van der Waals surface area contributed by atoms with Gasteiger partial charge < -0.3 is 4.90 Å². The summed E-state index contributed by atoms with van der Waals surface area (Å²) in [6.07, 6.45) is 1.73. The average molecular weight is 453 g/mol. The molecule has 1 aliphatic rings. The Morgan fingerprint density at radius 3 is 2.52 bits per heavy atom. The number of carbonyl (C=O) groups excluding carboxylic acids is 1. The van der Waals surface area contributed by atoms with E-state index in [1.165, 1.54) is 28.2 Å². The molecule has 158 valence electrons. The molecule has 1 saturated heterocycles. The first kappa shape index (κ1) is 21.3. The molecule has 1 amide bonds. The van der Waals surface area contributed by atoms with Crippen LogP contribution in [0.3, 0.4) is 0 Å². The third-order valence-electron chi connectivity index (χ3n) is 5.18. The van der Waals surface area contributed by atoms with Crippen molar-refractivity contribution < 1.29 is 13.2 Å². The van der Waals surface area contributed by atoms with Gasteiger partial charge in [0, 0.05) is 42.7 Å². The standard InChI is InChI=1S/C22H20N4O3S2/c23-15-17-5-1-4-8-21(17)31(28,29)26-13-11-25(12-14-26)22(27)16-30-20-9-10-24-19-7-3-2-6-18(19)20/h1-10H,11-14,16H2. The van der Waals surface area contributed by atoms with Crippen LogP contribution in [0.15, 0.2) is 70.6 Å². The number of aromatic nitrogens is 1. The zero-order chi connectivity index (χ0) is 21.8. The molecule has 9 heteroatoms. The fourth-order valence-electron chi connectivity index (χ4n) is 3.53. The van der Waals surface area contributed by atoms with Crippen molar-refractivity contribution in [2.24, 2.45) is 0 Å². The van der Waals surface area contributed by atoms with E-state index in [0.717, 1.165) is 15.8 Å². The lowest BCUT2D eigenvalue weighted by Crippen LogP contribution is -2.51. The summed E-state index contributed by atoms with van der Waals surface area (Å²) in [6.45, 7) is 1.06. The van der Waals surface area contributed by atoms with E-state index < -0.39 is 10.0 Å². The van der Waals surface area contributed by atoms with Gasteiger partial charge in [-0.1, -0.05) is 30.3 Å². The highest BCUT2D eigenvalue weighted by atomic mass is 32.2. The second kappa shape index (κ2) is 9.06. The van der Waals surface area contributed by atoms with E-state index in [-0.39, 0.29) is 35.2 Å². The number of benzene rings is 2. The molecule has 0 atom stereocenters. The van der Waals surface area contributed by atoms with Gasteiger partial charge >= 0.3 is 0 Å². The number of hydrogen-bond acceptors (Lipinski definition) is 6. The van der Waals surface area contributed by atoms with Crippen molar-refractivity contribution in [3.8, 4) is 6.07 Å². The Morgan fingerprint density at radius 2 is 1.74 bits per heavy atom. The van der Waals surface area contributed by atoms with Gasteiger partial charge in [0.25, 0.3) is 0 Å². The van der Waals surface area contributed by atoms with Gasteiger partial charge in [0.15, 0.2) is 0 Å². The lowest BCUT2D eigenvalue weighted by Gasteiger charge is -2.34. The molecule has 0 spiro atoms. The van der Waals surface area contributed by atoms with Crippen molar-refractivity contribution >= 4 is 38.6 Å². The highest BCUT2D eigenvalue weighted by Gasteiger charge is 2.31. The summed E-state index contributed by atoms with van der Waals surface area (Å²) < 4.78 is 27.2.